The van der Waals surface area contributed by atoms with E-state index in [0.29, 0.717) is 3.53 Å². The normalized spacial score (nSPS) is 17.6. The molecule has 0 aromatic heterocycles. The second-order valence-corrected chi connectivity index (χ2v) is 12.4. The first-order valence-electron chi connectivity index (χ1n) is 9.78. The molecule has 0 saturated carbocycles. The second-order valence-electron chi connectivity index (χ2n) is 6.51. The van der Waals surface area contributed by atoms with Crippen LogP contribution in [0.2, 0.25) is 0 Å². The zero-order valence-corrected chi connectivity index (χ0v) is 22.9. The van der Waals surface area contributed by atoms with Crippen LogP contribution < -0.4 is 10.6 Å². The second kappa shape index (κ2) is 16.4. The molecule has 10 nitrogen and oxygen atoms in total. The van der Waals surface area contributed by atoms with Crippen LogP contribution in [0.4, 0.5) is 9.59 Å². The van der Waals surface area contributed by atoms with Gasteiger partial charge in [0, 0.05) is 5.75 Å². The standard InChI is InChI=1S/C19H23Cl3N2O8S3/c1-3-6-29-15(26)12(23-16(27)30-7-4-2)9-34-18(33)35-14-11(13(25)24-14)5-8-31-17(28)32-10-19(20,21)22/h3-4,11-12,14H,1-2,5-10H2,(H,23,27)(H,24,25)/t11-,12?,14-/m0/s1. The number of thioether (sulfide) groups is 2. The first-order chi connectivity index (χ1) is 16.5. The summed E-state index contributed by atoms with van der Waals surface area (Å²) < 4.78 is 18.0. The van der Waals surface area contributed by atoms with E-state index in [1.54, 1.807) is 0 Å². The zero-order valence-electron chi connectivity index (χ0n) is 18.2. The predicted octanol–water partition coefficient (Wildman–Crippen LogP) is 3.73. The molecule has 1 fully saturated rings. The van der Waals surface area contributed by atoms with Crippen molar-refractivity contribution in [2.24, 2.45) is 5.92 Å². The van der Waals surface area contributed by atoms with Crippen LogP contribution in [-0.2, 0) is 28.5 Å². The number of hydrogen-bond acceptors (Lipinski definition) is 11. The Morgan fingerprint density at radius 2 is 1.80 bits per heavy atom. The molecule has 1 saturated heterocycles. The minimum atomic E-state index is -1.76. The van der Waals surface area contributed by atoms with Gasteiger partial charge in [0.2, 0.25) is 9.70 Å². The van der Waals surface area contributed by atoms with Crippen molar-refractivity contribution in [2.45, 2.75) is 21.6 Å². The molecule has 1 aliphatic heterocycles. The van der Waals surface area contributed by atoms with Crippen molar-refractivity contribution in [1.82, 2.24) is 10.6 Å². The summed E-state index contributed by atoms with van der Waals surface area (Å²) in [6, 6.07) is -1.03. The number of β-lactam (4-membered cyclic amide) rings is 1. The highest BCUT2D eigenvalue weighted by Crippen LogP contribution is 2.33. The summed E-state index contributed by atoms with van der Waals surface area (Å²) in [6.07, 6.45) is 1.14. The predicted molar refractivity (Wildman–Crippen MR) is 140 cm³/mol. The summed E-state index contributed by atoms with van der Waals surface area (Å²) in [6.45, 7) is 6.27. The maximum absolute atomic E-state index is 12.2. The quantitative estimate of drug-likeness (QED) is 0.0791. The zero-order chi connectivity index (χ0) is 26.4. The topological polar surface area (TPSA) is 129 Å². The van der Waals surface area contributed by atoms with Gasteiger partial charge in [-0.05, 0) is 6.42 Å². The first-order valence-corrected chi connectivity index (χ1v) is 13.2. The maximum Gasteiger partial charge on any atom is 0.508 e. The van der Waals surface area contributed by atoms with E-state index in [0.717, 1.165) is 11.8 Å². The van der Waals surface area contributed by atoms with Crippen LogP contribution in [0.15, 0.2) is 25.3 Å². The number of amides is 2. The van der Waals surface area contributed by atoms with Crippen molar-refractivity contribution in [3.8, 4) is 0 Å². The fourth-order valence-corrected chi connectivity index (χ4v) is 5.05. The number of carbonyl (C=O) groups is 4. The average molecular weight is 610 g/mol. The molecular formula is C19H23Cl3N2O8S3. The lowest BCUT2D eigenvalue weighted by Crippen LogP contribution is -2.56. The molecule has 0 aliphatic carbocycles. The van der Waals surface area contributed by atoms with Gasteiger partial charge >= 0.3 is 18.2 Å². The number of halogens is 3. The van der Waals surface area contributed by atoms with E-state index in [4.69, 9.17) is 61.2 Å². The molecule has 3 atom stereocenters. The van der Waals surface area contributed by atoms with Gasteiger partial charge in [0.05, 0.1) is 17.9 Å². The lowest BCUT2D eigenvalue weighted by Gasteiger charge is -2.36. The summed E-state index contributed by atoms with van der Waals surface area (Å²) in [4.78, 5) is 47.4. The monoisotopic (exact) mass is 608 g/mol. The molecule has 0 radical (unpaired) electrons. The van der Waals surface area contributed by atoms with Crippen LogP contribution in [0.1, 0.15) is 6.42 Å². The van der Waals surface area contributed by atoms with Crippen LogP contribution >= 0.6 is 70.5 Å². The van der Waals surface area contributed by atoms with Gasteiger partial charge in [-0.2, -0.15) is 0 Å². The highest BCUT2D eigenvalue weighted by molar-refractivity contribution is 8.47. The minimum Gasteiger partial charge on any atom is -0.460 e. The number of ether oxygens (including phenoxy) is 4. The van der Waals surface area contributed by atoms with Gasteiger partial charge in [-0.25, -0.2) is 14.4 Å². The third-order valence-corrected chi connectivity index (χ3v) is 7.07. The smallest absolute Gasteiger partial charge is 0.460 e. The van der Waals surface area contributed by atoms with Gasteiger partial charge in [0.15, 0.2) is 0 Å². The fraction of sp³-hybridized carbons (Fsp3) is 0.526. The Labute approximate surface area is 231 Å². The Morgan fingerprint density at radius 1 is 1.14 bits per heavy atom. The number of esters is 1. The molecule has 1 heterocycles. The van der Waals surface area contributed by atoms with E-state index in [9.17, 15) is 19.2 Å². The van der Waals surface area contributed by atoms with Gasteiger partial charge < -0.3 is 29.6 Å². The fourth-order valence-electron chi connectivity index (χ4n) is 2.25. The van der Waals surface area contributed by atoms with Crippen molar-refractivity contribution < 1.29 is 38.1 Å². The van der Waals surface area contributed by atoms with Gasteiger partial charge in [0.25, 0.3) is 0 Å². The molecule has 0 bridgehead atoms. The number of alkyl halides is 3. The van der Waals surface area contributed by atoms with Gasteiger partial charge in [0.1, 0.15) is 29.4 Å². The Morgan fingerprint density at radius 3 is 2.40 bits per heavy atom. The molecular weight excluding hydrogens is 587 g/mol. The third kappa shape index (κ3) is 13.5. The largest absolute Gasteiger partial charge is 0.508 e. The molecule has 2 amide bonds. The molecule has 2 N–H and O–H groups in total. The summed E-state index contributed by atoms with van der Waals surface area (Å²) in [7, 11) is 0. The number of carbonyl (C=O) groups excluding carboxylic acids is 4. The first kappa shape index (κ1) is 31.6. The van der Waals surface area contributed by atoms with E-state index in [-0.39, 0.29) is 43.3 Å². The molecule has 16 heteroatoms. The van der Waals surface area contributed by atoms with Gasteiger partial charge in [-0.1, -0.05) is 84.1 Å². The SMILES string of the molecule is C=CCOC(=O)NC(CSC(=S)S[C@@H]1NC(=O)[C@@H]1CCOC(=O)OCC(Cl)(Cl)Cl)C(=O)OCC=C. The molecule has 1 unspecified atom stereocenters. The number of hydrogen-bond donors (Lipinski definition) is 2. The maximum atomic E-state index is 12.2. The molecule has 0 aromatic rings. The molecule has 0 spiro atoms. The summed E-state index contributed by atoms with van der Waals surface area (Å²) >= 11 is 24.1. The van der Waals surface area contributed by atoms with Crippen LogP contribution in [0.3, 0.4) is 0 Å². The average Bonchev–Trinajstić information content (AvgIpc) is 2.79. The van der Waals surface area contributed by atoms with Crippen molar-refractivity contribution >= 4 is 98.2 Å². The Hall–Kier alpha value is -1.38. The highest BCUT2D eigenvalue weighted by atomic mass is 35.6. The number of alkyl carbamates (subject to hydrolysis) is 1. The molecule has 0 aromatic carbocycles. The molecule has 1 rings (SSSR count). The van der Waals surface area contributed by atoms with E-state index in [1.165, 1.54) is 23.9 Å². The molecule has 35 heavy (non-hydrogen) atoms. The summed E-state index contributed by atoms with van der Waals surface area (Å²) in [5.74, 6) is -1.32. The van der Waals surface area contributed by atoms with Crippen LogP contribution in [0.5, 0.6) is 0 Å². The van der Waals surface area contributed by atoms with E-state index < -0.39 is 40.6 Å². The van der Waals surface area contributed by atoms with Crippen LogP contribution in [0.25, 0.3) is 0 Å². The molecule has 1 aliphatic rings. The minimum absolute atomic E-state index is 0.0290. The lowest BCUT2D eigenvalue weighted by atomic mass is 9.98. The van der Waals surface area contributed by atoms with Crippen molar-refractivity contribution in [1.29, 1.82) is 0 Å². The van der Waals surface area contributed by atoms with Gasteiger partial charge in [-0.15, -0.1) is 11.8 Å². The van der Waals surface area contributed by atoms with Crippen LogP contribution in [-0.4, -0.2) is 75.0 Å². The highest BCUT2D eigenvalue weighted by Gasteiger charge is 2.40. The third-order valence-electron chi connectivity index (χ3n) is 3.83. The van der Waals surface area contributed by atoms with E-state index in [1.807, 2.05) is 0 Å². The van der Waals surface area contributed by atoms with Gasteiger partial charge in [-0.3, -0.25) is 4.79 Å². The van der Waals surface area contributed by atoms with Crippen molar-refractivity contribution in [2.75, 3.05) is 32.2 Å². The van der Waals surface area contributed by atoms with Crippen molar-refractivity contribution in [3.63, 3.8) is 0 Å². The molecule has 196 valence electrons. The Kier molecular flexibility index (Phi) is 14.8. The number of nitrogens with one attached hydrogen (secondary N) is 2. The number of thiocarbonyl (C=S) groups is 1. The Bertz CT molecular complexity index is 813. The number of rotatable bonds is 13. The Balaban J connectivity index is 2.48. The summed E-state index contributed by atoms with van der Waals surface area (Å²) in [5.41, 5.74) is 0. The van der Waals surface area contributed by atoms with Crippen molar-refractivity contribution in [3.05, 3.63) is 25.3 Å². The van der Waals surface area contributed by atoms with E-state index >= 15 is 0 Å². The summed E-state index contributed by atoms with van der Waals surface area (Å²) in [5, 5.41) is 4.75. The van der Waals surface area contributed by atoms with E-state index in [2.05, 4.69) is 28.5 Å². The lowest BCUT2D eigenvalue weighted by molar-refractivity contribution is -0.144. The van der Waals surface area contributed by atoms with Crippen LogP contribution in [0, 0.1) is 5.92 Å².